The number of esters is 1. The van der Waals surface area contributed by atoms with Crippen LogP contribution in [0.3, 0.4) is 0 Å². The first kappa shape index (κ1) is 28.0. The van der Waals surface area contributed by atoms with Crippen molar-refractivity contribution in [3.63, 3.8) is 0 Å². The van der Waals surface area contributed by atoms with Gasteiger partial charge in [0.15, 0.2) is 17.6 Å². The van der Waals surface area contributed by atoms with Crippen LogP contribution in [0.4, 0.5) is 5.69 Å². The number of fused-ring (bicyclic) bond motifs is 2. The molecule has 0 amide bonds. The van der Waals surface area contributed by atoms with Gasteiger partial charge in [-0.3, -0.25) is 14.9 Å². The molecule has 0 N–H and O–H groups in total. The lowest BCUT2D eigenvalue weighted by molar-refractivity contribution is -0.386. The van der Waals surface area contributed by atoms with Crippen LogP contribution >= 0.6 is 0 Å². The largest absolute Gasteiger partial charge is 0.490 e. The Balaban J connectivity index is 1.63. The molecular weight excluding hydrogens is 544 g/mol. The highest BCUT2D eigenvalue weighted by Gasteiger charge is 2.27. The van der Waals surface area contributed by atoms with Gasteiger partial charge in [0.2, 0.25) is 11.6 Å². The standard InChI is InChI=1S/C30H26N4O8/c1-4-39-25-15-19(14-23(34(37)38)27(25)41-18(3)30(36)40-5-2)17-31-33-28(26-16-20-10-6-9-13-24(20)42-26)32-22-12-8-7-11-21(22)29(33)35/h6-18H,4-5H2,1-3H3/t18-/m1/s1. The lowest BCUT2D eigenvalue weighted by Gasteiger charge is -2.17. The van der Waals surface area contributed by atoms with Crippen LogP contribution in [-0.2, 0) is 9.53 Å². The van der Waals surface area contributed by atoms with Crippen LogP contribution in [0.25, 0.3) is 33.5 Å². The average Bonchev–Trinajstić information content (AvgIpc) is 3.42. The number of hydrogen-bond acceptors (Lipinski definition) is 10. The molecule has 42 heavy (non-hydrogen) atoms. The quantitative estimate of drug-likeness (QED) is 0.0940. The third kappa shape index (κ3) is 5.55. The smallest absolute Gasteiger partial charge is 0.347 e. The Bertz CT molecular complexity index is 1860. The maximum absolute atomic E-state index is 13.6. The number of hydrogen-bond donors (Lipinski definition) is 0. The number of nitrogens with zero attached hydrogens (tertiary/aromatic N) is 4. The molecule has 2 heterocycles. The SMILES string of the molecule is CCOC(=O)[C@@H](C)Oc1c(OCC)cc(C=Nn2c(-c3cc4ccccc4o3)nc3ccccc3c2=O)cc1[N+](=O)[O-]. The molecule has 0 fully saturated rings. The third-order valence-corrected chi connectivity index (χ3v) is 6.19. The van der Waals surface area contributed by atoms with Crippen LogP contribution in [-0.4, -0.2) is 46.1 Å². The van der Waals surface area contributed by atoms with Crippen molar-refractivity contribution in [2.24, 2.45) is 5.10 Å². The number of carbonyl (C=O) groups is 1. The van der Waals surface area contributed by atoms with Crippen molar-refractivity contribution in [2.45, 2.75) is 26.9 Å². The number of nitro benzene ring substituents is 1. The molecule has 0 bridgehead atoms. The van der Waals surface area contributed by atoms with Crippen LogP contribution in [0.1, 0.15) is 26.3 Å². The summed E-state index contributed by atoms with van der Waals surface area (Å²) in [6.45, 7) is 5.05. The molecule has 12 nitrogen and oxygen atoms in total. The van der Waals surface area contributed by atoms with Gasteiger partial charge in [-0.05, 0) is 51.1 Å². The summed E-state index contributed by atoms with van der Waals surface area (Å²) in [6.07, 6.45) is 0.147. The van der Waals surface area contributed by atoms with E-state index in [1.165, 1.54) is 25.3 Å². The molecule has 3 aromatic carbocycles. The van der Waals surface area contributed by atoms with Gasteiger partial charge in [0, 0.05) is 17.0 Å². The van der Waals surface area contributed by atoms with Crippen molar-refractivity contribution in [3.8, 4) is 23.1 Å². The van der Waals surface area contributed by atoms with E-state index >= 15 is 0 Å². The summed E-state index contributed by atoms with van der Waals surface area (Å²) in [5, 5.41) is 17.6. The first-order valence-electron chi connectivity index (χ1n) is 13.1. The summed E-state index contributed by atoms with van der Waals surface area (Å²) in [6, 6.07) is 18.6. The van der Waals surface area contributed by atoms with E-state index in [0.717, 1.165) is 10.1 Å². The Labute approximate surface area is 238 Å². The topological polar surface area (TPSA) is 148 Å². The second-order valence-corrected chi connectivity index (χ2v) is 9.03. The number of aromatic nitrogens is 2. The highest BCUT2D eigenvalue weighted by Crippen LogP contribution is 2.39. The molecule has 0 saturated heterocycles. The summed E-state index contributed by atoms with van der Waals surface area (Å²) < 4.78 is 23.3. The minimum Gasteiger partial charge on any atom is -0.490 e. The van der Waals surface area contributed by atoms with Crippen LogP contribution in [0, 0.1) is 10.1 Å². The number of furan rings is 1. The van der Waals surface area contributed by atoms with Gasteiger partial charge in [0.1, 0.15) is 5.58 Å². The average molecular weight is 571 g/mol. The summed E-state index contributed by atoms with van der Waals surface area (Å²) in [5.74, 6) is -0.429. The number of carbonyl (C=O) groups excluding carboxylic acids is 1. The van der Waals surface area contributed by atoms with Gasteiger partial charge in [-0.15, -0.1) is 0 Å². The Hall–Kier alpha value is -5.52. The lowest BCUT2D eigenvalue weighted by Crippen LogP contribution is -2.26. The first-order chi connectivity index (χ1) is 20.3. The molecule has 0 aliphatic carbocycles. The third-order valence-electron chi connectivity index (χ3n) is 6.19. The zero-order chi connectivity index (χ0) is 29.8. The molecule has 0 aliphatic rings. The summed E-state index contributed by atoms with van der Waals surface area (Å²) in [7, 11) is 0. The molecular formula is C30H26N4O8. The minimum atomic E-state index is -1.13. The van der Waals surface area contributed by atoms with E-state index in [0.29, 0.717) is 22.2 Å². The molecule has 12 heteroatoms. The maximum atomic E-state index is 13.6. The van der Waals surface area contributed by atoms with Gasteiger partial charge < -0.3 is 18.6 Å². The highest BCUT2D eigenvalue weighted by atomic mass is 16.6. The zero-order valence-corrected chi connectivity index (χ0v) is 23.0. The molecule has 214 valence electrons. The van der Waals surface area contributed by atoms with Crippen LogP contribution < -0.4 is 15.0 Å². The predicted octanol–water partition coefficient (Wildman–Crippen LogP) is 5.33. The van der Waals surface area contributed by atoms with Gasteiger partial charge in [0.05, 0.1) is 35.3 Å². The fourth-order valence-electron chi connectivity index (χ4n) is 4.29. The molecule has 0 radical (unpaired) electrons. The van der Waals surface area contributed by atoms with Crippen molar-refractivity contribution in [2.75, 3.05) is 13.2 Å². The number of benzene rings is 3. The Morgan fingerprint density at radius 3 is 2.62 bits per heavy atom. The van der Waals surface area contributed by atoms with Crippen molar-refractivity contribution in [1.82, 2.24) is 9.66 Å². The molecule has 0 saturated carbocycles. The second-order valence-electron chi connectivity index (χ2n) is 9.03. The Kier molecular flexibility index (Phi) is 7.96. The van der Waals surface area contributed by atoms with Crippen molar-refractivity contribution in [1.29, 1.82) is 0 Å². The normalized spacial score (nSPS) is 12.1. The van der Waals surface area contributed by atoms with Gasteiger partial charge in [0.25, 0.3) is 5.56 Å². The summed E-state index contributed by atoms with van der Waals surface area (Å²) in [5.41, 5.74) is 0.373. The fourth-order valence-corrected chi connectivity index (χ4v) is 4.29. The van der Waals surface area contributed by atoms with Crippen LogP contribution in [0.5, 0.6) is 11.5 Å². The van der Waals surface area contributed by atoms with Crippen LogP contribution in [0.15, 0.2) is 81.0 Å². The fraction of sp³-hybridized carbons (Fsp3) is 0.200. The van der Waals surface area contributed by atoms with E-state index in [1.807, 2.05) is 18.2 Å². The molecule has 0 unspecified atom stereocenters. The maximum Gasteiger partial charge on any atom is 0.347 e. The predicted molar refractivity (Wildman–Crippen MR) is 155 cm³/mol. The number of ether oxygens (including phenoxy) is 3. The Morgan fingerprint density at radius 1 is 1.12 bits per heavy atom. The van der Waals surface area contributed by atoms with Gasteiger partial charge >= 0.3 is 11.7 Å². The van der Waals surface area contributed by atoms with Gasteiger partial charge in [-0.2, -0.15) is 9.78 Å². The monoisotopic (exact) mass is 570 g/mol. The lowest BCUT2D eigenvalue weighted by atomic mass is 10.1. The summed E-state index contributed by atoms with van der Waals surface area (Å²) in [4.78, 5) is 41.7. The number of para-hydroxylation sites is 2. The molecule has 0 spiro atoms. The van der Waals surface area contributed by atoms with Gasteiger partial charge in [-0.25, -0.2) is 9.78 Å². The van der Waals surface area contributed by atoms with E-state index in [2.05, 4.69) is 10.1 Å². The molecule has 1 atom stereocenters. The Morgan fingerprint density at radius 2 is 1.88 bits per heavy atom. The van der Waals surface area contributed by atoms with E-state index in [4.69, 9.17) is 18.6 Å². The molecule has 5 rings (SSSR count). The van der Waals surface area contributed by atoms with E-state index in [9.17, 15) is 19.7 Å². The van der Waals surface area contributed by atoms with Crippen molar-refractivity contribution in [3.05, 3.63) is 92.8 Å². The minimum absolute atomic E-state index is 0.0192. The zero-order valence-electron chi connectivity index (χ0n) is 23.0. The van der Waals surface area contributed by atoms with Gasteiger partial charge in [-0.1, -0.05) is 30.3 Å². The number of rotatable bonds is 10. The number of nitro groups is 1. The van der Waals surface area contributed by atoms with Crippen LogP contribution in [0.2, 0.25) is 0 Å². The first-order valence-corrected chi connectivity index (χ1v) is 13.1. The van der Waals surface area contributed by atoms with E-state index < -0.39 is 28.2 Å². The molecule has 2 aromatic heterocycles. The van der Waals surface area contributed by atoms with E-state index in [1.54, 1.807) is 50.2 Å². The highest BCUT2D eigenvalue weighted by molar-refractivity contribution is 5.86. The van der Waals surface area contributed by atoms with E-state index in [-0.39, 0.29) is 36.1 Å². The summed E-state index contributed by atoms with van der Waals surface area (Å²) >= 11 is 0. The second kappa shape index (κ2) is 11.9. The van der Waals surface area contributed by atoms with Crippen molar-refractivity contribution >= 4 is 39.7 Å². The van der Waals surface area contributed by atoms with Crippen molar-refractivity contribution < 1.29 is 28.3 Å². The molecule has 5 aromatic rings. The molecule has 0 aliphatic heterocycles.